The summed E-state index contributed by atoms with van der Waals surface area (Å²) in [7, 11) is 0. The molecule has 0 unspecified atom stereocenters. The fraction of sp³-hybridized carbons (Fsp3) is 0.118. The number of nitrogens with one attached hydrogen (secondary N) is 1. The Kier molecular flexibility index (Phi) is 3.70. The van der Waals surface area contributed by atoms with E-state index < -0.39 is 0 Å². The molecule has 0 aliphatic heterocycles. The zero-order valence-electron chi connectivity index (χ0n) is 12.4. The minimum Gasteiger partial charge on any atom is -0.321 e. The van der Waals surface area contributed by atoms with Crippen molar-refractivity contribution >= 4 is 22.6 Å². The average Bonchev–Trinajstić information content (AvgIpc) is 2.91. The highest BCUT2D eigenvalue weighted by atomic mass is 16.1. The van der Waals surface area contributed by atoms with E-state index in [4.69, 9.17) is 0 Å². The number of carbonyl (C=O) groups excluding carboxylic acids is 1. The number of para-hydroxylation sites is 2. The van der Waals surface area contributed by atoms with Crippen molar-refractivity contribution < 1.29 is 4.79 Å². The molecule has 0 atom stereocenters. The second-order valence-corrected chi connectivity index (χ2v) is 5.22. The SMILES string of the molecule is CC(C)=CC(=O)Nc1ccc(-n2cnc3ccccc32)nc1. The molecule has 0 saturated heterocycles. The summed E-state index contributed by atoms with van der Waals surface area (Å²) < 4.78 is 1.91. The molecule has 0 radical (unpaired) electrons. The van der Waals surface area contributed by atoms with E-state index in [1.165, 1.54) is 0 Å². The van der Waals surface area contributed by atoms with Crippen LogP contribution in [0.1, 0.15) is 13.8 Å². The first-order valence-corrected chi connectivity index (χ1v) is 6.98. The van der Waals surface area contributed by atoms with Gasteiger partial charge in [-0.15, -0.1) is 0 Å². The van der Waals surface area contributed by atoms with Crippen molar-refractivity contribution in [2.24, 2.45) is 0 Å². The van der Waals surface area contributed by atoms with Gasteiger partial charge in [0.05, 0.1) is 22.9 Å². The Labute approximate surface area is 128 Å². The number of hydrogen-bond donors (Lipinski definition) is 1. The second-order valence-electron chi connectivity index (χ2n) is 5.22. The Hall–Kier alpha value is -2.95. The zero-order chi connectivity index (χ0) is 15.5. The number of imidazole rings is 1. The molecular weight excluding hydrogens is 276 g/mol. The topological polar surface area (TPSA) is 59.8 Å². The summed E-state index contributed by atoms with van der Waals surface area (Å²) in [6.45, 7) is 3.76. The zero-order valence-corrected chi connectivity index (χ0v) is 12.4. The summed E-state index contributed by atoms with van der Waals surface area (Å²) in [5, 5.41) is 2.78. The summed E-state index contributed by atoms with van der Waals surface area (Å²) in [4.78, 5) is 20.4. The molecule has 0 aliphatic carbocycles. The first-order valence-electron chi connectivity index (χ1n) is 6.98. The van der Waals surface area contributed by atoms with Gasteiger partial charge < -0.3 is 5.32 Å². The first-order chi connectivity index (χ1) is 10.6. The third-order valence-electron chi connectivity index (χ3n) is 3.14. The number of pyridine rings is 1. The van der Waals surface area contributed by atoms with Gasteiger partial charge in [0.15, 0.2) is 0 Å². The summed E-state index contributed by atoms with van der Waals surface area (Å²) in [5.74, 6) is 0.608. The lowest BCUT2D eigenvalue weighted by Crippen LogP contribution is -2.09. The molecule has 110 valence electrons. The van der Waals surface area contributed by atoms with E-state index in [2.05, 4.69) is 15.3 Å². The van der Waals surface area contributed by atoms with Crippen LogP contribution in [0.4, 0.5) is 5.69 Å². The lowest BCUT2D eigenvalue weighted by molar-refractivity contribution is -0.111. The molecule has 0 aliphatic rings. The van der Waals surface area contributed by atoms with Crippen LogP contribution in [0, 0.1) is 0 Å². The van der Waals surface area contributed by atoms with Crippen LogP contribution < -0.4 is 5.32 Å². The number of hydrogen-bond acceptors (Lipinski definition) is 3. The van der Waals surface area contributed by atoms with E-state index in [9.17, 15) is 4.79 Å². The Morgan fingerprint density at radius 2 is 1.95 bits per heavy atom. The van der Waals surface area contributed by atoms with Gasteiger partial charge in [0.1, 0.15) is 12.1 Å². The molecule has 0 fully saturated rings. The Balaban J connectivity index is 1.85. The molecule has 2 aromatic heterocycles. The Morgan fingerprint density at radius 3 is 2.68 bits per heavy atom. The summed E-state index contributed by atoms with van der Waals surface area (Å²) >= 11 is 0. The number of nitrogens with zero attached hydrogens (tertiary/aromatic N) is 3. The van der Waals surface area contributed by atoms with E-state index in [1.807, 2.05) is 54.8 Å². The lowest BCUT2D eigenvalue weighted by Gasteiger charge is -2.06. The molecule has 0 spiro atoms. The van der Waals surface area contributed by atoms with Gasteiger partial charge in [-0.25, -0.2) is 9.97 Å². The first kappa shape index (κ1) is 14.0. The van der Waals surface area contributed by atoms with E-state index in [1.54, 1.807) is 18.6 Å². The van der Waals surface area contributed by atoms with E-state index >= 15 is 0 Å². The van der Waals surface area contributed by atoms with Crippen LogP contribution in [0.5, 0.6) is 0 Å². The standard InChI is InChI=1S/C17H16N4O/c1-12(2)9-17(22)20-13-7-8-16(18-10-13)21-11-19-14-5-3-4-6-15(14)21/h3-11H,1-2H3,(H,20,22). The van der Waals surface area contributed by atoms with Crippen molar-refractivity contribution in [2.75, 3.05) is 5.32 Å². The Bertz CT molecular complexity index is 842. The molecule has 5 heteroatoms. The van der Waals surface area contributed by atoms with Gasteiger partial charge in [-0.2, -0.15) is 0 Å². The third-order valence-corrected chi connectivity index (χ3v) is 3.14. The number of fused-ring (bicyclic) bond motifs is 1. The molecule has 3 aromatic rings. The van der Waals surface area contributed by atoms with Crippen LogP contribution in [0.2, 0.25) is 0 Å². The number of benzene rings is 1. The minimum absolute atomic E-state index is 0.150. The maximum atomic E-state index is 11.7. The maximum absolute atomic E-state index is 11.7. The van der Waals surface area contributed by atoms with Gasteiger partial charge in [0.2, 0.25) is 5.91 Å². The smallest absolute Gasteiger partial charge is 0.248 e. The van der Waals surface area contributed by atoms with Crippen LogP contribution in [0.15, 0.2) is 60.6 Å². The number of allylic oxidation sites excluding steroid dienone is 1. The van der Waals surface area contributed by atoms with Crippen molar-refractivity contribution in [3.05, 3.63) is 60.6 Å². The van der Waals surface area contributed by atoms with Gasteiger partial charge in [0.25, 0.3) is 0 Å². The summed E-state index contributed by atoms with van der Waals surface area (Å²) in [6.07, 6.45) is 4.94. The normalized spacial score (nSPS) is 10.5. The number of aromatic nitrogens is 3. The molecule has 0 bridgehead atoms. The average molecular weight is 292 g/mol. The highest BCUT2D eigenvalue weighted by molar-refractivity contribution is 5.99. The van der Waals surface area contributed by atoms with Crippen molar-refractivity contribution in [3.8, 4) is 5.82 Å². The Morgan fingerprint density at radius 1 is 1.14 bits per heavy atom. The molecule has 1 N–H and O–H groups in total. The van der Waals surface area contributed by atoms with Crippen LogP contribution >= 0.6 is 0 Å². The number of carbonyl (C=O) groups is 1. The van der Waals surface area contributed by atoms with E-state index in [-0.39, 0.29) is 5.91 Å². The lowest BCUT2D eigenvalue weighted by atomic mass is 10.3. The van der Waals surface area contributed by atoms with Gasteiger partial charge in [-0.3, -0.25) is 9.36 Å². The monoisotopic (exact) mass is 292 g/mol. The number of amides is 1. The predicted molar refractivity (Wildman–Crippen MR) is 86.9 cm³/mol. The molecule has 1 amide bonds. The maximum Gasteiger partial charge on any atom is 0.248 e. The molecular formula is C17H16N4O. The third kappa shape index (κ3) is 2.88. The summed E-state index contributed by atoms with van der Waals surface area (Å²) in [6, 6.07) is 11.6. The van der Waals surface area contributed by atoms with Gasteiger partial charge in [-0.1, -0.05) is 17.7 Å². The molecule has 3 rings (SSSR count). The number of rotatable bonds is 3. The van der Waals surface area contributed by atoms with E-state index in [0.29, 0.717) is 5.69 Å². The number of anilines is 1. The van der Waals surface area contributed by atoms with E-state index in [0.717, 1.165) is 22.4 Å². The van der Waals surface area contributed by atoms with Crippen molar-refractivity contribution in [2.45, 2.75) is 13.8 Å². The van der Waals surface area contributed by atoms with Crippen LogP contribution in [0.25, 0.3) is 16.9 Å². The fourth-order valence-electron chi connectivity index (χ4n) is 2.18. The van der Waals surface area contributed by atoms with Crippen molar-refractivity contribution in [1.29, 1.82) is 0 Å². The highest BCUT2D eigenvalue weighted by Crippen LogP contribution is 2.17. The highest BCUT2D eigenvalue weighted by Gasteiger charge is 2.05. The van der Waals surface area contributed by atoms with Crippen molar-refractivity contribution in [1.82, 2.24) is 14.5 Å². The molecule has 5 nitrogen and oxygen atoms in total. The fourth-order valence-corrected chi connectivity index (χ4v) is 2.18. The van der Waals surface area contributed by atoms with Crippen LogP contribution in [0.3, 0.4) is 0 Å². The molecule has 1 aromatic carbocycles. The predicted octanol–water partition coefficient (Wildman–Crippen LogP) is 3.33. The molecule has 0 saturated carbocycles. The van der Waals surface area contributed by atoms with Gasteiger partial charge >= 0.3 is 0 Å². The minimum atomic E-state index is -0.150. The van der Waals surface area contributed by atoms with Crippen molar-refractivity contribution in [3.63, 3.8) is 0 Å². The van der Waals surface area contributed by atoms with Crippen LogP contribution in [-0.4, -0.2) is 20.4 Å². The van der Waals surface area contributed by atoms with Gasteiger partial charge in [0, 0.05) is 6.08 Å². The van der Waals surface area contributed by atoms with Gasteiger partial charge in [-0.05, 0) is 38.1 Å². The summed E-state index contributed by atoms with van der Waals surface area (Å²) in [5.41, 5.74) is 3.53. The largest absolute Gasteiger partial charge is 0.321 e. The molecule has 22 heavy (non-hydrogen) atoms. The molecule has 2 heterocycles. The second kappa shape index (κ2) is 5.81. The van der Waals surface area contributed by atoms with Crippen LogP contribution in [-0.2, 0) is 4.79 Å². The quantitative estimate of drug-likeness (QED) is 0.753.